The zero-order chi connectivity index (χ0) is 15.6. The fourth-order valence-electron chi connectivity index (χ4n) is 1.93. The summed E-state index contributed by atoms with van der Waals surface area (Å²) in [4.78, 5) is 13.4. The molecule has 0 heterocycles. The molecule has 3 nitrogen and oxygen atoms in total. The Morgan fingerprint density at radius 1 is 0.900 bits per heavy atom. The van der Waals surface area contributed by atoms with Crippen LogP contribution in [0.25, 0.3) is 0 Å². The van der Waals surface area contributed by atoms with Crippen LogP contribution in [0.15, 0.2) is 0 Å². The van der Waals surface area contributed by atoms with E-state index in [-0.39, 0.29) is 7.33 Å². The van der Waals surface area contributed by atoms with Gasteiger partial charge in [-0.25, -0.2) is 0 Å². The molecule has 0 spiro atoms. The molecule has 0 saturated carbocycles. The summed E-state index contributed by atoms with van der Waals surface area (Å²) in [6, 6.07) is 0. The van der Waals surface area contributed by atoms with E-state index in [2.05, 4.69) is 19.2 Å². The number of nitrogens with one attached hydrogen (secondary N) is 1. The quantitative estimate of drug-likeness (QED) is 0.537. The molecule has 0 aromatic heterocycles. The summed E-state index contributed by atoms with van der Waals surface area (Å²) >= 11 is 0. The average Bonchev–Trinajstić information content (AvgIpc) is 2.46. The van der Waals surface area contributed by atoms with Crippen molar-refractivity contribution in [2.24, 2.45) is 0 Å². The Morgan fingerprint density at radius 3 is 2.00 bits per heavy atom. The van der Waals surface area contributed by atoms with Gasteiger partial charge in [-0.05, 0) is 38.8 Å². The fraction of sp³-hybridized carbons (Fsp3) is 0.941. The molecule has 0 atom stereocenters. The zero-order valence-electron chi connectivity index (χ0n) is 14.6. The van der Waals surface area contributed by atoms with Gasteiger partial charge in [-0.1, -0.05) is 47.0 Å². The van der Waals surface area contributed by atoms with Crippen LogP contribution in [-0.4, -0.2) is 37.0 Å². The van der Waals surface area contributed by atoms with Crippen LogP contribution in [0, 0.1) is 0 Å². The number of hydrogen-bond acceptors (Lipinski definition) is 2. The second kappa shape index (κ2) is 18.4. The molecule has 1 N–H and O–H groups in total. The first kappa shape index (κ1) is 21.7. The third-order valence-electron chi connectivity index (χ3n) is 3.22. The molecule has 0 bridgehead atoms. The zero-order valence-corrected chi connectivity index (χ0v) is 14.6. The molecule has 124 valence electrons. The minimum absolute atomic E-state index is 0. The van der Waals surface area contributed by atoms with Gasteiger partial charge >= 0.3 is 0 Å². The summed E-state index contributed by atoms with van der Waals surface area (Å²) in [7, 11) is 0. The van der Waals surface area contributed by atoms with Crippen molar-refractivity contribution < 1.29 is 6.22 Å². The maximum atomic E-state index is 11.4. The molecular formula is C17H40N2O. The van der Waals surface area contributed by atoms with Crippen LogP contribution in [-0.2, 0) is 4.79 Å². The molecule has 0 fully saturated rings. The van der Waals surface area contributed by atoms with Gasteiger partial charge in [0, 0.05) is 21.4 Å². The van der Waals surface area contributed by atoms with Crippen LogP contribution in [0.1, 0.15) is 81.0 Å². The third-order valence-corrected chi connectivity index (χ3v) is 3.22. The number of carbonyl (C=O) groups is 1. The summed E-state index contributed by atoms with van der Waals surface area (Å²) in [5.41, 5.74) is 0. The summed E-state index contributed by atoms with van der Waals surface area (Å²) in [5, 5.41) is 3.45. The molecular weight excluding hydrogens is 248 g/mol. The standard InChI is InChI=1S/C15H32N2O.C2H6.H2/c1-4-6-11-16-12-9-8-10-14-17(15(3)18)13-7-5-2;1-2;/h16H,4-14H2,1-3H3;1-2H3;1H. The second-order valence-electron chi connectivity index (χ2n) is 5.02. The number of rotatable bonds is 12. The lowest BCUT2D eigenvalue weighted by Crippen LogP contribution is -2.30. The normalized spacial score (nSPS) is 9.85. The summed E-state index contributed by atoms with van der Waals surface area (Å²) in [6.45, 7) is 14.2. The minimum atomic E-state index is 0. The highest BCUT2D eigenvalue weighted by atomic mass is 16.2. The molecule has 0 aliphatic carbocycles. The van der Waals surface area contributed by atoms with Crippen LogP contribution in [0.3, 0.4) is 0 Å². The second-order valence-corrected chi connectivity index (χ2v) is 5.02. The molecule has 0 unspecified atom stereocenters. The highest BCUT2D eigenvalue weighted by Gasteiger charge is 2.06. The molecule has 20 heavy (non-hydrogen) atoms. The van der Waals surface area contributed by atoms with Crippen LogP contribution >= 0.6 is 0 Å². The Kier molecular flexibility index (Phi) is 20.0. The Bertz CT molecular complexity index is 201. The van der Waals surface area contributed by atoms with Crippen LogP contribution in [0.2, 0.25) is 0 Å². The summed E-state index contributed by atoms with van der Waals surface area (Å²) in [6.07, 6.45) is 8.40. The molecule has 3 heteroatoms. The van der Waals surface area contributed by atoms with Gasteiger partial charge in [0.05, 0.1) is 0 Å². The highest BCUT2D eigenvalue weighted by molar-refractivity contribution is 5.73. The van der Waals surface area contributed by atoms with E-state index in [4.69, 9.17) is 0 Å². The summed E-state index contributed by atoms with van der Waals surface area (Å²) < 4.78 is 0. The Hall–Kier alpha value is -0.570. The Morgan fingerprint density at radius 2 is 1.45 bits per heavy atom. The third kappa shape index (κ3) is 15.5. The Balaban J connectivity index is -0.00000103. The van der Waals surface area contributed by atoms with E-state index in [1.165, 1.54) is 25.7 Å². The van der Waals surface area contributed by atoms with Crippen molar-refractivity contribution in [2.75, 3.05) is 26.2 Å². The fourth-order valence-corrected chi connectivity index (χ4v) is 1.93. The molecule has 0 aromatic rings. The van der Waals surface area contributed by atoms with Crippen LogP contribution < -0.4 is 5.32 Å². The van der Waals surface area contributed by atoms with Gasteiger partial charge in [-0.15, -0.1) is 0 Å². The number of unbranched alkanes of at least 4 members (excludes halogenated alkanes) is 4. The largest absolute Gasteiger partial charge is 0.343 e. The number of carbonyl (C=O) groups excluding carboxylic acids is 1. The molecule has 0 rings (SSSR count). The van der Waals surface area contributed by atoms with Crippen LogP contribution in [0.4, 0.5) is 0 Å². The van der Waals surface area contributed by atoms with Gasteiger partial charge in [-0.3, -0.25) is 4.79 Å². The Labute approximate surface area is 129 Å². The number of amides is 1. The van der Waals surface area contributed by atoms with E-state index in [9.17, 15) is 4.79 Å². The van der Waals surface area contributed by atoms with Crippen molar-refractivity contribution in [1.29, 1.82) is 0 Å². The number of hydrogen-bond donors (Lipinski definition) is 1. The molecule has 1 amide bonds. The minimum Gasteiger partial charge on any atom is -0.343 e. The highest BCUT2D eigenvalue weighted by Crippen LogP contribution is 2.01. The average molecular weight is 289 g/mol. The van der Waals surface area contributed by atoms with E-state index < -0.39 is 0 Å². The van der Waals surface area contributed by atoms with Gasteiger partial charge in [0.1, 0.15) is 0 Å². The van der Waals surface area contributed by atoms with Crippen molar-refractivity contribution in [2.45, 2.75) is 79.6 Å². The van der Waals surface area contributed by atoms with E-state index >= 15 is 0 Å². The topological polar surface area (TPSA) is 32.3 Å². The van der Waals surface area contributed by atoms with E-state index in [1.807, 2.05) is 18.7 Å². The predicted molar refractivity (Wildman–Crippen MR) is 92.3 cm³/mol. The predicted octanol–water partition coefficient (Wildman–Crippen LogP) is 4.47. The molecule has 0 aliphatic heterocycles. The number of nitrogens with zero attached hydrogens (tertiary/aromatic N) is 1. The van der Waals surface area contributed by atoms with Gasteiger partial charge in [0.2, 0.25) is 5.91 Å². The SMILES string of the molecule is CC.CCCCNCCCCCN(CCCC)C(C)=O.[HH]. The van der Waals surface area contributed by atoms with Crippen LogP contribution in [0.5, 0.6) is 0 Å². The lowest BCUT2D eigenvalue weighted by molar-refractivity contribution is -0.129. The van der Waals surface area contributed by atoms with Crippen molar-refractivity contribution >= 4 is 5.91 Å². The first-order chi connectivity index (χ1) is 9.72. The van der Waals surface area contributed by atoms with Crippen molar-refractivity contribution in [3.63, 3.8) is 0 Å². The molecule has 0 aromatic carbocycles. The maximum absolute atomic E-state index is 11.4. The summed E-state index contributed by atoms with van der Waals surface area (Å²) in [5.74, 6) is 0.226. The van der Waals surface area contributed by atoms with E-state index in [0.29, 0.717) is 0 Å². The van der Waals surface area contributed by atoms with Crippen molar-refractivity contribution in [3.8, 4) is 0 Å². The van der Waals surface area contributed by atoms with Gasteiger partial charge in [-0.2, -0.15) is 0 Å². The van der Waals surface area contributed by atoms with Crippen molar-refractivity contribution in [1.82, 2.24) is 10.2 Å². The molecule has 0 saturated heterocycles. The monoisotopic (exact) mass is 288 g/mol. The van der Waals surface area contributed by atoms with Gasteiger partial charge in [0.15, 0.2) is 0 Å². The lowest BCUT2D eigenvalue weighted by Gasteiger charge is -2.20. The molecule has 0 aliphatic rings. The lowest BCUT2D eigenvalue weighted by atomic mass is 10.2. The maximum Gasteiger partial charge on any atom is 0.219 e. The van der Waals surface area contributed by atoms with E-state index in [1.54, 1.807) is 6.92 Å². The first-order valence-corrected chi connectivity index (χ1v) is 8.68. The van der Waals surface area contributed by atoms with Gasteiger partial charge < -0.3 is 10.2 Å². The smallest absolute Gasteiger partial charge is 0.219 e. The molecule has 0 radical (unpaired) electrons. The van der Waals surface area contributed by atoms with Gasteiger partial charge in [0.25, 0.3) is 0 Å². The first-order valence-electron chi connectivity index (χ1n) is 8.68. The van der Waals surface area contributed by atoms with Crippen molar-refractivity contribution in [3.05, 3.63) is 0 Å². The van der Waals surface area contributed by atoms with E-state index in [0.717, 1.165) is 45.4 Å².